The lowest BCUT2D eigenvalue weighted by molar-refractivity contribution is -0.128. The molecule has 1 aromatic heterocycles. The standard InChI is InChI=1S/C12H13N3O3/c16-10(5-4-8-3-1-2-6-13-8)14-9-7-11(17)15-12(9)18/h1-3,6,9H,4-5,7H2,(H,14,16)(H,15,17,18). The smallest absolute Gasteiger partial charge is 0.249 e. The van der Waals surface area contributed by atoms with Crippen LogP contribution < -0.4 is 10.6 Å². The molecule has 6 heteroatoms. The maximum absolute atomic E-state index is 11.6. The van der Waals surface area contributed by atoms with Gasteiger partial charge in [0.25, 0.3) is 0 Å². The molecular weight excluding hydrogens is 234 g/mol. The third-order valence-corrected chi connectivity index (χ3v) is 2.64. The summed E-state index contributed by atoms with van der Waals surface area (Å²) >= 11 is 0. The van der Waals surface area contributed by atoms with Crippen molar-refractivity contribution >= 4 is 17.7 Å². The van der Waals surface area contributed by atoms with Crippen LogP contribution in [0.5, 0.6) is 0 Å². The quantitative estimate of drug-likeness (QED) is 0.705. The van der Waals surface area contributed by atoms with Crippen LogP contribution in [-0.2, 0) is 20.8 Å². The zero-order valence-corrected chi connectivity index (χ0v) is 9.68. The first-order valence-corrected chi connectivity index (χ1v) is 5.68. The van der Waals surface area contributed by atoms with Crippen LogP contribution in [0.2, 0.25) is 0 Å². The van der Waals surface area contributed by atoms with Crippen molar-refractivity contribution in [2.24, 2.45) is 0 Å². The van der Waals surface area contributed by atoms with Gasteiger partial charge in [0, 0.05) is 18.3 Å². The number of aromatic nitrogens is 1. The average Bonchev–Trinajstić information content (AvgIpc) is 2.67. The predicted molar refractivity (Wildman–Crippen MR) is 62.3 cm³/mol. The number of rotatable bonds is 4. The van der Waals surface area contributed by atoms with Crippen LogP contribution in [0.1, 0.15) is 18.5 Å². The van der Waals surface area contributed by atoms with Gasteiger partial charge in [-0.05, 0) is 18.6 Å². The minimum Gasteiger partial charge on any atom is -0.344 e. The van der Waals surface area contributed by atoms with Gasteiger partial charge in [0.05, 0.1) is 6.42 Å². The maximum atomic E-state index is 11.6. The summed E-state index contributed by atoms with van der Waals surface area (Å²) in [4.78, 5) is 37.9. The molecule has 2 heterocycles. The van der Waals surface area contributed by atoms with E-state index in [-0.39, 0.29) is 24.7 Å². The Hall–Kier alpha value is -2.24. The molecule has 3 amide bonds. The van der Waals surface area contributed by atoms with Gasteiger partial charge < -0.3 is 5.32 Å². The Balaban J connectivity index is 1.79. The van der Waals surface area contributed by atoms with Crippen LogP contribution in [0.3, 0.4) is 0 Å². The number of carbonyl (C=O) groups excluding carboxylic acids is 3. The van der Waals surface area contributed by atoms with Crippen molar-refractivity contribution in [3.63, 3.8) is 0 Å². The van der Waals surface area contributed by atoms with Gasteiger partial charge in [-0.2, -0.15) is 0 Å². The molecule has 1 aliphatic heterocycles. The van der Waals surface area contributed by atoms with Crippen molar-refractivity contribution < 1.29 is 14.4 Å². The van der Waals surface area contributed by atoms with Gasteiger partial charge in [-0.15, -0.1) is 0 Å². The van der Waals surface area contributed by atoms with Crippen LogP contribution >= 0.6 is 0 Å². The molecule has 6 nitrogen and oxygen atoms in total. The van der Waals surface area contributed by atoms with Crippen molar-refractivity contribution in [2.45, 2.75) is 25.3 Å². The highest BCUT2D eigenvalue weighted by atomic mass is 16.2. The number of hydrogen-bond acceptors (Lipinski definition) is 4. The number of aryl methyl sites for hydroxylation is 1. The summed E-state index contributed by atoms with van der Waals surface area (Å²) in [6, 6.07) is 4.76. The average molecular weight is 247 g/mol. The first-order chi connectivity index (χ1) is 8.65. The molecule has 1 aliphatic rings. The number of nitrogens with one attached hydrogen (secondary N) is 2. The Morgan fingerprint density at radius 2 is 2.28 bits per heavy atom. The van der Waals surface area contributed by atoms with E-state index in [0.29, 0.717) is 6.42 Å². The van der Waals surface area contributed by atoms with Crippen molar-refractivity contribution in [2.75, 3.05) is 0 Å². The monoisotopic (exact) mass is 247 g/mol. The molecule has 0 radical (unpaired) electrons. The molecule has 18 heavy (non-hydrogen) atoms. The molecule has 1 fully saturated rings. The van der Waals surface area contributed by atoms with Gasteiger partial charge in [0.2, 0.25) is 17.7 Å². The SMILES string of the molecule is O=C1CC(NC(=O)CCc2ccccn2)C(=O)N1. The second-order valence-electron chi connectivity index (χ2n) is 4.06. The van der Waals surface area contributed by atoms with E-state index in [4.69, 9.17) is 0 Å². The molecule has 2 rings (SSSR count). The molecule has 0 spiro atoms. The molecule has 1 atom stereocenters. The Morgan fingerprint density at radius 1 is 1.44 bits per heavy atom. The summed E-state index contributed by atoms with van der Waals surface area (Å²) < 4.78 is 0. The molecule has 2 N–H and O–H groups in total. The fraction of sp³-hybridized carbons (Fsp3) is 0.333. The summed E-state index contributed by atoms with van der Waals surface area (Å²) in [5, 5.41) is 4.67. The summed E-state index contributed by atoms with van der Waals surface area (Å²) in [6.07, 6.45) is 2.44. The number of amides is 3. The highest BCUT2D eigenvalue weighted by molar-refractivity contribution is 6.06. The number of hydrogen-bond donors (Lipinski definition) is 2. The van der Waals surface area contributed by atoms with E-state index in [2.05, 4.69) is 15.6 Å². The molecule has 0 aromatic carbocycles. The molecule has 0 saturated carbocycles. The van der Waals surface area contributed by atoms with Gasteiger partial charge in [0.15, 0.2) is 0 Å². The van der Waals surface area contributed by atoms with E-state index in [1.54, 1.807) is 12.3 Å². The molecule has 1 aromatic rings. The van der Waals surface area contributed by atoms with Crippen LogP contribution in [0, 0.1) is 0 Å². The van der Waals surface area contributed by atoms with Gasteiger partial charge in [0.1, 0.15) is 6.04 Å². The molecule has 0 aliphatic carbocycles. The fourth-order valence-corrected chi connectivity index (χ4v) is 1.72. The van der Waals surface area contributed by atoms with Gasteiger partial charge in [-0.25, -0.2) is 0 Å². The van der Waals surface area contributed by atoms with Crippen molar-refractivity contribution in [3.05, 3.63) is 30.1 Å². The van der Waals surface area contributed by atoms with Crippen LogP contribution in [0.4, 0.5) is 0 Å². The summed E-state index contributed by atoms with van der Waals surface area (Å²) in [5.74, 6) is -1.04. The Kier molecular flexibility index (Phi) is 3.66. The predicted octanol–water partition coefficient (Wildman–Crippen LogP) is -0.455. The van der Waals surface area contributed by atoms with Gasteiger partial charge in [-0.1, -0.05) is 6.07 Å². The highest BCUT2D eigenvalue weighted by Crippen LogP contribution is 2.03. The minimum absolute atomic E-state index is 0.0220. The number of imide groups is 1. The number of carbonyl (C=O) groups is 3. The molecular formula is C12H13N3O3. The van der Waals surface area contributed by atoms with E-state index in [9.17, 15) is 14.4 Å². The zero-order valence-electron chi connectivity index (χ0n) is 9.68. The maximum Gasteiger partial charge on any atom is 0.249 e. The molecule has 0 bridgehead atoms. The fourth-order valence-electron chi connectivity index (χ4n) is 1.72. The van der Waals surface area contributed by atoms with E-state index >= 15 is 0 Å². The number of pyridine rings is 1. The zero-order chi connectivity index (χ0) is 13.0. The van der Waals surface area contributed by atoms with E-state index < -0.39 is 11.9 Å². The van der Waals surface area contributed by atoms with E-state index in [1.165, 1.54) is 0 Å². The minimum atomic E-state index is -0.728. The number of nitrogens with zero attached hydrogens (tertiary/aromatic N) is 1. The lowest BCUT2D eigenvalue weighted by Gasteiger charge is -2.08. The second-order valence-corrected chi connectivity index (χ2v) is 4.06. The summed E-state index contributed by atoms with van der Waals surface area (Å²) in [6.45, 7) is 0. The van der Waals surface area contributed by atoms with Crippen molar-refractivity contribution in [3.8, 4) is 0 Å². The lowest BCUT2D eigenvalue weighted by Crippen LogP contribution is -2.40. The van der Waals surface area contributed by atoms with E-state index in [1.807, 2.05) is 12.1 Å². The Bertz CT molecular complexity index is 473. The van der Waals surface area contributed by atoms with Crippen molar-refractivity contribution in [1.82, 2.24) is 15.6 Å². The molecule has 1 unspecified atom stereocenters. The summed E-state index contributed by atoms with van der Waals surface area (Å²) in [5.41, 5.74) is 0.819. The van der Waals surface area contributed by atoms with Crippen LogP contribution in [-0.4, -0.2) is 28.7 Å². The highest BCUT2D eigenvalue weighted by Gasteiger charge is 2.31. The van der Waals surface area contributed by atoms with Gasteiger partial charge >= 0.3 is 0 Å². The normalized spacial score (nSPS) is 18.6. The second kappa shape index (κ2) is 5.39. The Labute approximate surface area is 104 Å². The first kappa shape index (κ1) is 12.2. The third-order valence-electron chi connectivity index (χ3n) is 2.64. The van der Waals surface area contributed by atoms with Crippen LogP contribution in [0.15, 0.2) is 24.4 Å². The van der Waals surface area contributed by atoms with Gasteiger partial charge in [-0.3, -0.25) is 24.7 Å². The Morgan fingerprint density at radius 3 is 2.89 bits per heavy atom. The first-order valence-electron chi connectivity index (χ1n) is 5.68. The third kappa shape index (κ3) is 3.13. The van der Waals surface area contributed by atoms with E-state index in [0.717, 1.165) is 5.69 Å². The largest absolute Gasteiger partial charge is 0.344 e. The molecule has 94 valence electrons. The van der Waals surface area contributed by atoms with Crippen molar-refractivity contribution in [1.29, 1.82) is 0 Å². The topological polar surface area (TPSA) is 88.2 Å². The van der Waals surface area contributed by atoms with Crippen LogP contribution in [0.25, 0.3) is 0 Å². The lowest BCUT2D eigenvalue weighted by atomic mass is 10.2. The summed E-state index contributed by atoms with van der Waals surface area (Å²) in [7, 11) is 0. The molecule has 1 saturated heterocycles.